The van der Waals surface area contributed by atoms with Crippen LogP contribution < -0.4 is 5.32 Å². The van der Waals surface area contributed by atoms with Crippen molar-refractivity contribution in [2.24, 2.45) is 0 Å². The number of likely N-dealkylation sites (tertiary alicyclic amines) is 1. The Balaban J connectivity index is 1.36. The molecule has 10 heteroatoms. The van der Waals surface area contributed by atoms with Crippen LogP contribution in [0.4, 0.5) is 4.79 Å². The van der Waals surface area contributed by atoms with E-state index in [9.17, 15) is 9.59 Å². The van der Waals surface area contributed by atoms with Gasteiger partial charge in [-0.2, -0.15) is 4.68 Å². The number of alkyl carbamates (subject to hydrolysis) is 1. The molecule has 1 fully saturated rings. The molecule has 2 heterocycles. The SMILES string of the molecule is CC(C)(C)OC(=O)NC1CCN(C(=O)c2ccccc2SCc2nnnn2-c2ccccc2)CC1. The average molecular weight is 495 g/mol. The molecule has 1 aliphatic heterocycles. The predicted octanol–water partition coefficient (Wildman–Crippen LogP) is 4.08. The molecule has 1 aromatic heterocycles. The molecule has 9 nitrogen and oxygen atoms in total. The van der Waals surface area contributed by atoms with Crippen LogP contribution in [0, 0.1) is 0 Å². The van der Waals surface area contributed by atoms with Crippen molar-refractivity contribution in [3.63, 3.8) is 0 Å². The average Bonchev–Trinajstić information content (AvgIpc) is 3.31. The minimum absolute atomic E-state index is 0.00429. The molecular weight excluding hydrogens is 464 g/mol. The highest BCUT2D eigenvalue weighted by Gasteiger charge is 2.27. The second-order valence-corrected chi connectivity index (χ2v) is 10.4. The second kappa shape index (κ2) is 10.9. The van der Waals surface area contributed by atoms with Crippen LogP contribution in [-0.2, 0) is 10.5 Å². The van der Waals surface area contributed by atoms with Crippen molar-refractivity contribution in [1.82, 2.24) is 30.4 Å². The molecule has 0 radical (unpaired) electrons. The third-order valence-corrected chi connectivity index (χ3v) is 6.58. The standard InChI is InChI=1S/C25H30N6O3S/c1-25(2,3)34-24(33)26-18-13-15-30(16-14-18)23(32)20-11-7-8-12-21(20)35-17-22-27-28-29-31(22)19-9-5-4-6-10-19/h4-12,18H,13-17H2,1-3H3,(H,26,33). The number of benzene rings is 2. The van der Waals surface area contributed by atoms with Crippen LogP contribution in [0.2, 0.25) is 0 Å². The van der Waals surface area contributed by atoms with Crippen LogP contribution in [0.3, 0.4) is 0 Å². The van der Waals surface area contributed by atoms with E-state index in [-0.39, 0.29) is 11.9 Å². The number of piperidine rings is 1. The number of ether oxygens (including phenoxy) is 1. The fraction of sp³-hybridized carbons (Fsp3) is 0.400. The van der Waals surface area contributed by atoms with Gasteiger partial charge in [0.2, 0.25) is 0 Å². The van der Waals surface area contributed by atoms with Crippen LogP contribution in [0.15, 0.2) is 59.5 Å². The highest BCUT2D eigenvalue weighted by atomic mass is 32.2. The number of hydrogen-bond acceptors (Lipinski definition) is 7. The van der Waals surface area contributed by atoms with Crippen LogP contribution in [0.25, 0.3) is 5.69 Å². The number of aromatic nitrogens is 4. The van der Waals surface area contributed by atoms with Gasteiger partial charge in [-0.15, -0.1) is 16.9 Å². The molecule has 0 saturated carbocycles. The monoisotopic (exact) mass is 494 g/mol. The van der Waals surface area contributed by atoms with Crippen molar-refractivity contribution in [3.05, 3.63) is 66.0 Å². The zero-order valence-electron chi connectivity index (χ0n) is 20.2. The first-order chi connectivity index (χ1) is 16.8. The number of carbonyl (C=O) groups excluding carboxylic acids is 2. The smallest absolute Gasteiger partial charge is 0.407 e. The predicted molar refractivity (Wildman–Crippen MR) is 133 cm³/mol. The number of para-hydroxylation sites is 1. The van der Waals surface area contributed by atoms with Crippen molar-refractivity contribution in [2.75, 3.05) is 13.1 Å². The number of tetrazole rings is 1. The number of nitrogens with zero attached hydrogens (tertiary/aromatic N) is 5. The Morgan fingerprint density at radius 2 is 1.74 bits per heavy atom. The first kappa shape index (κ1) is 24.7. The summed E-state index contributed by atoms with van der Waals surface area (Å²) in [5, 5.41) is 15.0. The maximum Gasteiger partial charge on any atom is 0.407 e. The van der Waals surface area contributed by atoms with Gasteiger partial charge in [-0.3, -0.25) is 4.79 Å². The summed E-state index contributed by atoms with van der Waals surface area (Å²) in [5.41, 5.74) is 1.02. The zero-order chi connectivity index (χ0) is 24.8. The Labute approximate surface area is 209 Å². The first-order valence-electron chi connectivity index (χ1n) is 11.6. The van der Waals surface area contributed by atoms with Crippen molar-refractivity contribution >= 4 is 23.8 Å². The lowest BCUT2D eigenvalue weighted by atomic mass is 10.0. The van der Waals surface area contributed by atoms with Gasteiger partial charge in [0.15, 0.2) is 5.82 Å². The Kier molecular flexibility index (Phi) is 7.70. The van der Waals surface area contributed by atoms with E-state index < -0.39 is 11.7 Å². The number of hydrogen-bond donors (Lipinski definition) is 1. The first-order valence-corrected chi connectivity index (χ1v) is 12.6. The largest absolute Gasteiger partial charge is 0.444 e. The van der Waals surface area contributed by atoms with Gasteiger partial charge in [0.1, 0.15) is 5.60 Å². The van der Waals surface area contributed by atoms with Crippen LogP contribution in [0.5, 0.6) is 0 Å². The number of thioether (sulfide) groups is 1. The van der Waals surface area contributed by atoms with Gasteiger partial charge in [0, 0.05) is 24.0 Å². The summed E-state index contributed by atoms with van der Waals surface area (Å²) in [7, 11) is 0. The summed E-state index contributed by atoms with van der Waals surface area (Å²) in [6.45, 7) is 6.66. The topological polar surface area (TPSA) is 102 Å². The van der Waals surface area contributed by atoms with Gasteiger partial charge in [-0.05, 0) is 68.3 Å². The second-order valence-electron chi connectivity index (χ2n) is 9.34. The minimum Gasteiger partial charge on any atom is -0.444 e. The molecule has 2 amide bonds. The highest BCUT2D eigenvalue weighted by Crippen LogP contribution is 2.28. The number of nitrogens with one attached hydrogen (secondary N) is 1. The fourth-order valence-corrected chi connectivity index (χ4v) is 4.80. The van der Waals surface area contributed by atoms with E-state index in [0.717, 1.165) is 10.6 Å². The Morgan fingerprint density at radius 1 is 1.06 bits per heavy atom. The molecule has 184 valence electrons. The molecule has 0 bridgehead atoms. The van der Waals surface area contributed by atoms with E-state index in [4.69, 9.17) is 4.74 Å². The maximum absolute atomic E-state index is 13.3. The van der Waals surface area contributed by atoms with E-state index in [0.29, 0.717) is 43.1 Å². The Bertz CT molecular complexity index is 1150. The fourth-order valence-electron chi connectivity index (χ4n) is 3.85. The van der Waals surface area contributed by atoms with Crippen LogP contribution in [0.1, 0.15) is 49.8 Å². The van der Waals surface area contributed by atoms with Crippen molar-refractivity contribution in [3.8, 4) is 5.69 Å². The summed E-state index contributed by atoms with van der Waals surface area (Å²) < 4.78 is 7.05. The van der Waals surface area contributed by atoms with Crippen molar-refractivity contribution in [1.29, 1.82) is 0 Å². The van der Waals surface area contributed by atoms with E-state index in [1.165, 1.54) is 11.8 Å². The van der Waals surface area contributed by atoms with E-state index >= 15 is 0 Å². The molecule has 0 unspecified atom stereocenters. The molecule has 0 atom stereocenters. The summed E-state index contributed by atoms with van der Waals surface area (Å²) in [4.78, 5) is 28.1. The zero-order valence-corrected chi connectivity index (χ0v) is 21.0. The third-order valence-electron chi connectivity index (χ3n) is 5.51. The molecular formula is C25H30N6O3S. The molecule has 0 aliphatic carbocycles. The molecule has 35 heavy (non-hydrogen) atoms. The van der Waals surface area contributed by atoms with Crippen LogP contribution in [-0.4, -0.2) is 61.8 Å². The van der Waals surface area contributed by atoms with Crippen LogP contribution >= 0.6 is 11.8 Å². The number of carbonyl (C=O) groups is 2. The minimum atomic E-state index is -0.535. The third kappa shape index (κ3) is 6.60. The molecule has 0 spiro atoms. The summed E-state index contributed by atoms with van der Waals surface area (Å²) in [6, 6.07) is 17.3. The Morgan fingerprint density at radius 3 is 2.46 bits per heavy atom. The summed E-state index contributed by atoms with van der Waals surface area (Å²) in [6.07, 6.45) is 0.958. The molecule has 2 aromatic carbocycles. The lowest BCUT2D eigenvalue weighted by Gasteiger charge is -2.33. The molecule has 3 aromatic rings. The highest BCUT2D eigenvalue weighted by molar-refractivity contribution is 7.98. The number of amides is 2. The summed E-state index contributed by atoms with van der Waals surface area (Å²) in [5.74, 6) is 1.22. The van der Waals surface area contributed by atoms with Gasteiger partial charge in [0.25, 0.3) is 5.91 Å². The quantitative estimate of drug-likeness (QED) is 0.515. The van der Waals surface area contributed by atoms with Gasteiger partial charge < -0.3 is 15.0 Å². The molecule has 4 rings (SSSR count). The van der Waals surface area contributed by atoms with Gasteiger partial charge in [-0.25, -0.2) is 4.79 Å². The van der Waals surface area contributed by atoms with Crippen molar-refractivity contribution in [2.45, 2.75) is 55.9 Å². The van der Waals surface area contributed by atoms with Crippen molar-refractivity contribution < 1.29 is 14.3 Å². The lowest BCUT2D eigenvalue weighted by Crippen LogP contribution is -2.47. The molecule has 1 N–H and O–H groups in total. The normalized spacial score (nSPS) is 14.5. The Hall–Kier alpha value is -3.40. The maximum atomic E-state index is 13.3. The number of rotatable bonds is 6. The lowest BCUT2D eigenvalue weighted by molar-refractivity contribution is 0.0473. The molecule has 1 aliphatic rings. The van der Waals surface area contributed by atoms with Gasteiger partial charge in [-0.1, -0.05) is 30.3 Å². The molecule has 1 saturated heterocycles. The van der Waals surface area contributed by atoms with Gasteiger partial charge in [0.05, 0.1) is 17.0 Å². The van der Waals surface area contributed by atoms with E-state index in [1.807, 2.05) is 80.3 Å². The summed E-state index contributed by atoms with van der Waals surface area (Å²) >= 11 is 1.54. The van der Waals surface area contributed by atoms with E-state index in [1.54, 1.807) is 4.68 Å². The van der Waals surface area contributed by atoms with Gasteiger partial charge >= 0.3 is 6.09 Å². The van der Waals surface area contributed by atoms with E-state index in [2.05, 4.69) is 20.8 Å².